The van der Waals surface area contributed by atoms with Gasteiger partial charge in [-0.3, -0.25) is 5.43 Å². The van der Waals surface area contributed by atoms with Crippen molar-refractivity contribution >= 4 is 17.4 Å². The van der Waals surface area contributed by atoms with Crippen LogP contribution < -0.4 is 5.43 Å². The Balaban J connectivity index is 2.06. The monoisotopic (exact) mass is 260 g/mol. The van der Waals surface area contributed by atoms with Gasteiger partial charge in [0.15, 0.2) is 0 Å². The van der Waals surface area contributed by atoms with Crippen LogP contribution in [0.25, 0.3) is 0 Å². The average molecular weight is 260 g/mol. The van der Waals surface area contributed by atoms with Gasteiger partial charge in [0, 0.05) is 5.71 Å². The Hall–Kier alpha value is -1.84. The van der Waals surface area contributed by atoms with E-state index < -0.39 is 5.97 Å². The Labute approximate surface area is 113 Å². The summed E-state index contributed by atoms with van der Waals surface area (Å²) in [7, 11) is 0. The maximum Gasteiger partial charge on any atom is 0.337 e. The first-order chi connectivity index (χ1) is 9.18. The number of nitrogens with one attached hydrogen (secondary N) is 1. The summed E-state index contributed by atoms with van der Waals surface area (Å²) in [6.45, 7) is 2.02. The minimum Gasteiger partial charge on any atom is -0.478 e. The van der Waals surface area contributed by atoms with E-state index in [1.807, 2.05) is 6.92 Å². The number of hydrogen-bond donors (Lipinski definition) is 2. The van der Waals surface area contributed by atoms with E-state index in [4.69, 9.17) is 5.11 Å². The van der Waals surface area contributed by atoms with Gasteiger partial charge in [-0.05, 0) is 37.8 Å². The first-order valence-corrected chi connectivity index (χ1v) is 6.81. The second-order valence-electron chi connectivity index (χ2n) is 5.05. The molecule has 0 amide bonds. The molecule has 4 heteroatoms. The number of anilines is 1. The molecule has 1 aromatic carbocycles. The molecule has 1 fully saturated rings. The molecule has 102 valence electrons. The molecule has 0 aliphatic heterocycles. The van der Waals surface area contributed by atoms with E-state index in [1.165, 1.54) is 32.1 Å². The molecule has 4 nitrogen and oxygen atoms in total. The van der Waals surface area contributed by atoms with E-state index in [-0.39, 0.29) is 5.56 Å². The number of nitrogens with zero attached hydrogens (tertiary/aromatic N) is 1. The first kappa shape index (κ1) is 13.6. The SMILES string of the molecule is C/C(=N\Nc1ccccc1C(=O)O)C1CCCCC1. The molecule has 0 saturated heterocycles. The van der Waals surface area contributed by atoms with Crippen molar-refractivity contribution in [2.24, 2.45) is 11.0 Å². The lowest BCUT2D eigenvalue weighted by atomic mass is 9.86. The number of aromatic carboxylic acids is 1. The van der Waals surface area contributed by atoms with Crippen LogP contribution in [-0.2, 0) is 0 Å². The van der Waals surface area contributed by atoms with Crippen molar-refractivity contribution in [3.8, 4) is 0 Å². The molecule has 1 saturated carbocycles. The molecule has 0 aromatic heterocycles. The summed E-state index contributed by atoms with van der Waals surface area (Å²) in [5.41, 5.74) is 4.77. The highest BCUT2D eigenvalue weighted by molar-refractivity contribution is 5.94. The van der Waals surface area contributed by atoms with E-state index in [0.717, 1.165) is 5.71 Å². The molecule has 0 atom stereocenters. The second-order valence-corrected chi connectivity index (χ2v) is 5.05. The van der Waals surface area contributed by atoms with Crippen LogP contribution >= 0.6 is 0 Å². The molecule has 19 heavy (non-hydrogen) atoms. The Morgan fingerprint density at radius 3 is 2.63 bits per heavy atom. The van der Waals surface area contributed by atoms with Gasteiger partial charge < -0.3 is 5.11 Å². The topological polar surface area (TPSA) is 61.7 Å². The largest absolute Gasteiger partial charge is 0.478 e. The van der Waals surface area contributed by atoms with Crippen LogP contribution in [0.4, 0.5) is 5.69 Å². The highest BCUT2D eigenvalue weighted by atomic mass is 16.4. The van der Waals surface area contributed by atoms with Crippen molar-refractivity contribution in [1.82, 2.24) is 0 Å². The number of rotatable bonds is 4. The number of hydrogen-bond acceptors (Lipinski definition) is 3. The molecular weight excluding hydrogens is 240 g/mol. The van der Waals surface area contributed by atoms with Gasteiger partial charge in [-0.25, -0.2) is 4.79 Å². The molecule has 1 aliphatic rings. The normalized spacial score (nSPS) is 17.2. The van der Waals surface area contributed by atoms with Crippen LogP contribution in [0.2, 0.25) is 0 Å². The minimum atomic E-state index is -0.936. The van der Waals surface area contributed by atoms with Crippen molar-refractivity contribution in [3.63, 3.8) is 0 Å². The molecule has 0 radical (unpaired) electrons. The zero-order valence-corrected chi connectivity index (χ0v) is 11.2. The Morgan fingerprint density at radius 1 is 1.26 bits per heavy atom. The third-order valence-electron chi connectivity index (χ3n) is 3.71. The Bertz CT molecular complexity index is 477. The van der Waals surface area contributed by atoms with Crippen LogP contribution in [0, 0.1) is 5.92 Å². The van der Waals surface area contributed by atoms with Gasteiger partial charge in [0.05, 0.1) is 11.3 Å². The second kappa shape index (κ2) is 6.36. The van der Waals surface area contributed by atoms with Gasteiger partial charge in [0.1, 0.15) is 0 Å². The average Bonchev–Trinajstić information content (AvgIpc) is 2.46. The fraction of sp³-hybridized carbons (Fsp3) is 0.467. The Kier molecular flexibility index (Phi) is 4.55. The third-order valence-corrected chi connectivity index (χ3v) is 3.71. The molecule has 0 heterocycles. The first-order valence-electron chi connectivity index (χ1n) is 6.81. The molecule has 0 bridgehead atoms. The molecule has 2 N–H and O–H groups in total. The zero-order chi connectivity index (χ0) is 13.7. The number of carbonyl (C=O) groups is 1. The number of carboxylic acids is 1. The van der Waals surface area contributed by atoms with Gasteiger partial charge in [0.25, 0.3) is 0 Å². The highest BCUT2D eigenvalue weighted by Gasteiger charge is 2.16. The summed E-state index contributed by atoms with van der Waals surface area (Å²) >= 11 is 0. The fourth-order valence-electron chi connectivity index (χ4n) is 2.53. The molecule has 1 aromatic rings. The van der Waals surface area contributed by atoms with Crippen molar-refractivity contribution < 1.29 is 9.90 Å². The molecule has 0 spiro atoms. The zero-order valence-electron chi connectivity index (χ0n) is 11.2. The number of benzene rings is 1. The van der Waals surface area contributed by atoms with Gasteiger partial charge in [0.2, 0.25) is 0 Å². The van der Waals surface area contributed by atoms with Crippen LogP contribution in [0.1, 0.15) is 49.4 Å². The van der Waals surface area contributed by atoms with E-state index in [2.05, 4.69) is 10.5 Å². The molecule has 1 aliphatic carbocycles. The van der Waals surface area contributed by atoms with Crippen LogP contribution in [0.15, 0.2) is 29.4 Å². The minimum absolute atomic E-state index is 0.252. The van der Waals surface area contributed by atoms with Gasteiger partial charge in [-0.1, -0.05) is 31.4 Å². The summed E-state index contributed by atoms with van der Waals surface area (Å²) in [5.74, 6) is -0.396. The summed E-state index contributed by atoms with van der Waals surface area (Å²) in [5, 5.41) is 13.5. The molecular formula is C15H20N2O2. The van der Waals surface area contributed by atoms with Crippen molar-refractivity contribution in [2.75, 3.05) is 5.43 Å². The standard InChI is InChI=1S/C15H20N2O2/c1-11(12-7-3-2-4-8-12)16-17-14-10-6-5-9-13(14)15(18)19/h5-6,9-10,12,17H,2-4,7-8H2,1H3,(H,18,19)/b16-11+. The predicted octanol–water partition coefficient (Wildman–Crippen LogP) is 3.75. The number of para-hydroxylation sites is 1. The summed E-state index contributed by atoms with van der Waals surface area (Å²) in [6, 6.07) is 6.84. The maximum atomic E-state index is 11.1. The smallest absolute Gasteiger partial charge is 0.337 e. The predicted molar refractivity (Wildman–Crippen MR) is 76.7 cm³/mol. The quantitative estimate of drug-likeness (QED) is 0.640. The van der Waals surface area contributed by atoms with E-state index >= 15 is 0 Å². The summed E-state index contributed by atoms with van der Waals surface area (Å²) < 4.78 is 0. The summed E-state index contributed by atoms with van der Waals surface area (Å²) in [4.78, 5) is 11.1. The van der Waals surface area contributed by atoms with E-state index in [9.17, 15) is 4.79 Å². The van der Waals surface area contributed by atoms with E-state index in [1.54, 1.807) is 24.3 Å². The van der Waals surface area contributed by atoms with Crippen LogP contribution in [0.5, 0.6) is 0 Å². The molecule has 0 unspecified atom stereocenters. The van der Waals surface area contributed by atoms with Gasteiger partial charge >= 0.3 is 5.97 Å². The number of carboxylic acid groups (broad SMARTS) is 1. The third kappa shape index (κ3) is 3.56. The van der Waals surface area contributed by atoms with Crippen molar-refractivity contribution in [2.45, 2.75) is 39.0 Å². The van der Waals surface area contributed by atoms with Gasteiger partial charge in [-0.15, -0.1) is 0 Å². The highest BCUT2D eigenvalue weighted by Crippen LogP contribution is 2.25. The lowest BCUT2D eigenvalue weighted by Gasteiger charge is -2.21. The summed E-state index contributed by atoms with van der Waals surface area (Å²) in [6.07, 6.45) is 6.24. The maximum absolute atomic E-state index is 11.1. The Morgan fingerprint density at radius 2 is 1.95 bits per heavy atom. The van der Waals surface area contributed by atoms with Crippen molar-refractivity contribution in [1.29, 1.82) is 0 Å². The molecule has 2 rings (SSSR count). The van der Waals surface area contributed by atoms with Gasteiger partial charge in [-0.2, -0.15) is 5.10 Å². The number of hydrazone groups is 1. The fourth-order valence-corrected chi connectivity index (χ4v) is 2.53. The van der Waals surface area contributed by atoms with Crippen LogP contribution in [0.3, 0.4) is 0 Å². The van der Waals surface area contributed by atoms with Crippen LogP contribution in [-0.4, -0.2) is 16.8 Å². The lowest BCUT2D eigenvalue weighted by Crippen LogP contribution is -2.16. The van der Waals surface area contributed by atoms with E-state index in [0.29, 0.717) is 11.6 Å². The van der Waals surface area contributed by atoms with Crippen molar-refractivity contribution in [3.05, 3.63) is 29.8 Å². The lowest BCUT2D eigenvalue weighted by molar-refractivity contribution is 0.0698.